The van der Waals surface area contributed by atoms with E-state index in [1.54, 1.807) is 22.5 Å². The maximum atomic E-state index is 13.0. The quantitative estimate of drug-likeness (QED) is 0.599. The Hall–Kier alpha value is -1.16. The van der Waals surface area contributed by atoms with Crippen LogP contribution in [0.2, 0.25) is 10.0 Å². The number of fused-ring (bicyclic) bond motifs is 1. The highest BCUT2D eigenvalue weighted by molar-refractivity contribution is 7.86. The minimum absolute atomic E-state index is 0.259. The molecule has 3 nitrogen and oxygen atoms in total. The second kappa shape index (κ2) is 7.81. The van der Waals surface area contributed by atoms with Crippen LogP contribution in [0.4, 0.5) is 5.69 Å². The summed E-state index contributed by atoms with van der Waals surface area (Å²) < 4.78 is 14.6. The Balaban J connectivity index is 2.02. The van der Waals surface area contributed by atoms with Gasteiger partial charge in [0.25, 0.3) is 0 Å². The molecule has 2 unspecified atom stereocenters. The van der Waals surface area contributed by atoms with Gasteiger partial charge in [-0.1, -0.05) is 53.5 Å². The van der Waals surface area contributed by atoms with E-state index >= 15 is 0 Å². The molecule has 124 valence electrons. The van der Waals surface area contributed by atoms with Crippen LogP contribution < -0.4 is 4.31 Å². The molecule has 24 heavy (non-hydrogen) atoms. The molecule has 0 aliphatic carbocycles. The van der Waals surface area contributed by atoms with E-state index < -0.39 is 11.0 Å². The molecule has 0 aliphatic heterocycles. The first-order chi connectivity index (χ1) is 11.6. The second-order valence-corrected chi connectivity index (χ2v) is 8.00. The fourth-order valence-corrected chi connectivity index (χ4v) is 5.02. The summed E-state index contributed by atoms with van der Waals surface area (Å²) in [6, 6.07) is 18.6. The van der Waals surface area contributed by atoms with Gasteiger partial charge in [-0.3, -0.25) is 4.31 Å². The first-order valence-electron chi connectivity index (χ1n) is 7.10. The number of rotatable bonds is 5. The van der Waals surface area contributed by atoms with E-state index in [1.807, 2.05) is 42.5 Å². The number of hydrogen-bond donors (Lipinski definition) is 1. The molecule has 0 heterocycles. The van der Waals surface area contributed by atoms with E-state index in [0.717, 1.165) is 16.5 Å². The van der Waals surface area contributed by atoms with Crippen molar-refractivity contribution in [1.82, 2.24) is 0 Å². The highest BCUT2D eigenvalue weighted by atomic mass is 35.5. The Morgan fingerprint density at radius 3 is 2.29 bits per heavy atom. The van der Waals surface area contributed by atoms with E-state index in [4.69, 9.17) is 23.2 Å². The number of benzene rings is 3. The predicted molar refractivity (Wildman–Crippen MR) is 105 cm³/mol. The van der Waals surface area contributed by atoms with Crippen molar-refractivity contribution < 1.29 is 9.10 Å². The molecule has 0 saturated heterocycles. The standard InChI is InChI=1S/C17H14Cl2NO2PS/c18-14-8-15(19)10-17(9-14)24(22)20(11-23-21)16-6-5-12-3-1-2-4-13(12)7-16/h1-10,21,23H,11H2. The maximum absolute atomic E-state index is 13.0. The van der Waals surface area contributed by atoms with E-state index in [9.17, 15) is 9.10 Å². The summed E-state index contributed by atoms with van der Waals surface area (Å²) in [4.78, 5) is 9.91. The molecule has 3 aromatic rings. The highest BCUT2D eigenvalue weighted by Gasteiger charge is 2.17. The smallest absolute Gasteiger partial charge is 0.153 e. The number of nitrogens with zero attached hydrogens (tertiary/aromatic N) is 1. The van der Waals surface area contributed by atoms with Gasteiger partial charge in [0.15, 0.2) is 11.0 Å². The Bertz CT molecular complexity index is 886. The third kappa shape index (κ3) is 3.90. The van der Waals surface area contributed by atoms with Gasteiger partial charge in [-0.2, -0.15) is 0 Å². The normalized spacial score (nSPS) is 12.8. The molecule has 0 fully saturated rings. The van der Waals surface area contributed by atoms with Crippen LogP contribution in [-0.4, -0.2) is 15.4 Å². The lowest BCUT2D eigenvalue weighted by atomic mass is 10.1. The van der Waals surface area contributed by atoms with Gasteiger partial charge in [-0.05, 0) is 41.1 Å². The van der Waals surface area contributed by atoms with Crippen LogP contribution in [-0.2, 0) is 11.0 Å². The Labute approximate surface area is 154 Å². The summed E-state index contributed by atoms with van der Waals surface area (Å²) >= 11 is 12.0. The predicted octanol–water partition coefficient (Wildman–Crippen LogP) is 5.22. The summed E-state index contributed by atoms with van der Waals surface area (Å²) in [7, 11) is -1.88. The van der Waals surface area contributed by atoms with Crippen molar-refractivity contribution in [2.24, 2.45) is 0 Å². The van der Waals surface area contributed by atoms with Gasteiger partial charge < -0.3 is 4.89 Å². The molecule has 3 rings (SSSR count). The molecule has 7 heteroatoms. The molecule has 1 N–H and O–H groups in total. The van der Waals surface area contributed by atoms with Crippen molar-refractivity contribution in [3.8, 4) is 0 Å². The molecular weight excluding hydrogens is 384 g/mol. The minimum Gasteiger partial charge on any atom is -0.375 e. The van der Waals surface area contributed by atoms with Gasteiger partial charge in [0, 0.05) is 18.9 Å². The van der Waals surface area contributed by atoms with Crippen molar-refractivity contribution in [3.63, 3.8) is 0 Å². The molecule has 2 atom stereocenters. The van der Waals surface area contributed by atoms with Crippen LogP contribution in [0.15, 0.2) is 65.6 Å². The van der Waals surface area contributed by atoms with Crippen LogP contribution in [0.5, 0.6) is 0 Å². The zero-order valence-corrected chi connectivity index (χ0v) is 15.8. The lowest BCUT2D eigenvalue weighted by Gasteiger charge is -2.23. The number of hydrogen-bond acceptors (Lipinski definition) is 2. The van der Waals surface area contributed by atoms with E-state index in [1.165, 1.54) is 0 Å². The third-order valence-electron chi connectivity index (χ3n) is 3.47. The van der Waals surface area contributed by atoms with Gasteiger partial charge in [0.2, 0.25) is 0 Å². The molecule has 0 aromatic heterocycles. The third-order valence-corrected chi connectivity index (χ3v) is 5.98. The molecule has 3 aromatic carbocycles. The van der Waals surface area contributed by atoms with Crippen molar-refractivity contribution in [3.05, 3.63) is 70.7 Å². The van der Waals surface area contributed by atoms with Crippen LogP contribution in [0.25, 0.3) is 10.8 Å². The average molecular weight is 398 g/mol. The number of anilines is 1. The van der Waals surface area contributed by atoms with Crippen LogP contribution >= 0.6 is 32.0 Å². The van der Waals surface area contributed by atoms with Crippen molar-refractivity contribution in [2.75, 3.05) is 10.6 Å². The largest absolute Gasteiger partial charge is 0.375 e. The van der Waals surface area contributed by atoms with E-state index in [0.29, 0.717) is 14.9 Å². The Morgan fingerprint density at radius 2 is 1.62 bits per heavy atom. The van der Waals surface area contributed by atoms with Gasteiger partial charge in [-0.25, -0.2) is 4.21 Å². The minimum atomic E-state index is -1.52. The molecular formula is C17H14Cl2NO2PS. The topological polar surface area (TPSA) is 40.5 Å². The van der Waals surface area contributed by atoms with Crippen molar-refractivity contribution in [2.45, 2.75) is 4.90 Å². The molecule has 0 amide bonds. The summed E-state index contributed by atoms with van der Waals surface area (Å²) in [6.45, 7) is 0. The zero-order chi connectivity index (χ0) is 17.1. The molecule has 0 spiro atoms. The van der Waals surface area contributed by atoms with Gasteiger partial charge in [0.05, 0.1) is 16.9 Å². The van der Waals surface area contributed by atoms with E-state index in [-0.39, 0.29) is 15.1 Å². The van der Waals surface area contributed by atoms with Crippen LogP contribution in [0.3, 0.4) is 0 Å². The second-order valence-electron chi connectivity index (χ2n) is 5.08. The molecule has 0 radical (unpaired) electrons. The molecule has 0 bridgehead atoms. The molecule has 0 aliphatic rings. The lowest BCUT2D eigenvalue weighted by Crippen LogP contribution is -2.24. The summed E-state index contributed by atoms with van der Waals surface area (Å²) in [5.41, 5.74) is 0.768. The first kappa shape index (κ1) is 17.7. The van der Waals surface area contributed by atoms with Crippen molar-refractivity contribution in [1.29, 1.82) is 0 Å². The van der Waals surface area contributed by atoms with E-state index in [2.05, 4.69) is 0 Å². The fourth-order valence-electron chi connectivity index (χ4n) is 2.40. The zero-order valence-electron chi connectivity index (χ0n) is 12.4. The summed E-state index contributed by atoms with van der Waals surface area (Å²) in [6.07, 6.45) is 0.259. The summed E-state index contributed by atoms with van der Waals surface area (Å²) in [5, 5.41) is 3.00. The highest BCUT2D eigenvalue weighted by Crippen LogP contribution is 2.29. The van der Waals surface area contributed by atoms with Gasteiger partial charge in [0.1, 0.15) is 0 Å². The Kier molecular flexibility index (Phi) is 5.75. The lowest BCUT2D eigenvalue weighted by molar-refractivity contribution is 0.644. The fraction of sp³-hybridized carbons (Fsp3) is 0.0588. The SMILES string of the molecule is O=S(c1cc(Cl)cc(Cl)c1)N(CPO)c1ccc2ccccc2c1. The molecule has 0 saturated carbocycles. The van der Waals surface area contributed by atoms with Crippen molar-refractivity contribution >= 4 is 59.5 Å². The monoisotopic (exact) mass is 397 g/mol. The van der Waals surface area contributed by atoms with Gasteiger partial charge in [-0.15, -0.1) is 0 Å². The number of halogens is 2. The van der Waals surface area contributed by atoms with Crippen LogP contribution in [0.1, 0.15) is 0 Å². The summed E-state index contributed by atoms with van der Waals surface area (Å²) in [5.74, 6) is 0. The van der Waals surface area contributed by atoms with Gasteiger partial charge >= 0.3 is 0 Å². The Morgan fingerprint density at radius 1 is 0.958 bits per heavy atom. The first-order valence-corrected chi connectivity index (χ1v) is 10.1. The average Bonchev–Trinajstić information content (AvgIpc) is 2.58. The van der Waals surface area contributed by atoms with Crippen LogP contribution in [0, 0.1) is 0 Å². The maximum Gasteiger partial charge on any atom is 0.153 e.